The lowest BCUT2D eigenvalue weighted by Crippen LogP contribution is -2.37. The van der Waals surface area contributed by atoms with Gasteiger partial charge in [-0.15, -0.1) is 0 Å². The normalized spacial score (nSPS) is 34.7. The van der Waals surface area contributed by atoms with Crippen LogP contribution < -0.4 is 11.1 Å². The molecule has 0 spiro atoms. The molecular formula is C12H24N2. The Bertz CT molecular complexity index is 177. The van der Waals surface area contributed by atoms with E-state index in [-0.39, 0.29) is 0 Å². The summed E-state index contributed by atoms with van der Waals surface area (Å²) in [5.41, 5.74) is 5.92. The third-order valence-electron chi connectivity index (χ3n) is 3.75. The number of rotatable bonds is 5. The summed E-state index contributed by atoms with van der Waals surface area (Å²) in [5.74, 6) is 1.04. The molecule has 0 heterocycles. The van der Waals surface area contributed by atoms with E-state index in [9.17, 15) is 0 Å². The van der Waals surface area contributed by atoms with Gasteiger partial charge in [-0.25, -0.2) is 0 Å². The highest BCUT2D eigenvalue weighted by molar-refractivity contribution is 4.87. The summed E-state index contributed by atoms with van der Waals surface area (Å²) in [6, 6.07) is 1.94. The van der Waals surface area contributed by atoms with Gasteiger partial charge >= 0.3 is 0 Å². The van der Waals surface area contributed by atoms with E-state index < -0.39 is 0 Å². The van der Waals surface area contributed by atoms with E-state index in [1.165, 1.54) is 44.9 Å². The summed E-state index contributed by atoms with van der Waals surface area (Å²) >= 11 is 0. The van der Waals surface area contributed by atoms with Crippen molar-refractivity contribution in [2.24, 2.45) is 11.7 Å². The van der Waals surface area contributed by atoms with Gasteiger partial charge in [-0.3, -0.25) is 0 Å². The summed E-state index contributed by atoms with van der Waals surface area (Å²) < 4.78 is 0. The minimum absolute atomic E-state index is 0.464. The highest BCUT2D eigenvalue weighted by Crippen LogP contribution is 2.34. The average molecular weight is 196 g/mol. The molecule has 2 fully saturated rings. The summed E-state index contributed by atoms with van der Waals surface area (Å²) in [6.45, 7) is 2.30. The molecule has 3 atom stereocenters. The van der Waals surface area contributed by atoms with Crippen molar-refractivity contribution >= 4 is 0 Å². The van der Waals surface area contributed by atoms with E-state index in [1.54, 1.807) is 0 Å². The first-order valence-electron chi connectivity index (χ1n) is 6.29. The molecule has 0 aromatic rings. The molecule has 2 nitrogen and oxygen atoms in total. The van der Waals surface area contributed by atoms with Crippen molar-refractivity contribution in [1.82, 2.24) is 5.32 Å². The van der Waals surface area contributed by atoms with Crippen LogP contribution in [0.4, 0.5) is 0 Å². The molecule has 3 unspecified atom stereocenters. The van der Waals surface area contributed by atoms with E-state index in [1.807, 2.05) is 0 Å². The second-order valence-electron chi connectivity index (χ2n) is 5.22. The predicted molar refractivity (Wildman–Crippen MR) is 60.2 cm³/mol. The Balaban J connectivity index is 1.70. The Labute approximate surface area is 87.6 Å². The highest BCUT2D eigenvalue weighted by Gasteiger charge is 2.28. The van der Waals surface area contributed by atoms with Gasteiger partial charge in [0.25, 0.3) is 0 Å². The third-order valence-corrected chi connectivity index (χ3v) is 3.75. The van der Waals surface area contributed by atoms with Crippen molar-refractivity contribution in [2.75, 3.05) is 0 Å². The van der Waals surface area contributed by atoms with E-state index in [4.69, 9.17) is 5.73 Å². The zero-order valence-corrected chi connectivity index (χ0v) is 9.34. The first-order chi connectivity index (χ1) is 6.78. The maximum atomic E-state index is 5.92. The van der Waals surface area contributed by atoms with Gasteiger partial charge in [-0.1, -0.05) is 19.8 Å². The number of hydrogen-bond donors (Lipinski definition) is 2. The molecule has 2 aliphatic rings. The summed E-state index contributed by atoms with van der Waals surface area (Å²) in [6.07, 6.45) is 9.34. The quantitative estimate of drug-likeness (QED) is 0.706. The van der Waals surface area contributed by atoms with Crippen molar-refractivity contribution < 1.29 is 0 Å². The molecule has 14 heavy (non-hydrogen) atoms. The van der Waals surface area contributed by atoms with Gasteiger partial charge in [-0.2, -0.15) is 0 Å². The van der Waals surface area contributed by atoms with Gasteiger partial charge < -0.3 is 11.1 Å². The van der Waals surface area contributed by atoms with Crippen LogP contribution >= 0.6 is 0 Å². The van der Waals surface area contributed by atoms with Gasteiger partial charge in [0.15, 0.2) is 0 Å². The summed E-state index contributed by atoms with van der Waals surface area (Å²) in [4.78, 5) is 0. The lowest BCUT2D eigenvalue weighted by atomic mass is 10.1. The summed E-state index contributed by atoms with van der Waals surface area (Å²) in [7, 11) is 0. The number of nitrogens with two attached hydrogens (primary N) is 1. The molecule has 2 aliphatic carbocycles. The molecule has 3 N–H and O–H groups in total. The third kappa shape index (κ3) is 2.96. The molecule has 2 heteroatoms. The van der Waals surface area contributed by atoms with Crippen molar-refractivity contribution in [3.8, 4) is 0 Å². The Morgan fingerprint density at radius 2 is 2.07 bits per heavy atom. The molecule has 82 valence electrons. The second kappa shape index (κ2) is 4.63. The fourth-order valence-electron chi connectivity index (χ4n) is 2.61. The minimum atomic E-state index is 0.464. The van der Waals surface area contributed by atoms with Crippen molar-refractivity contribution in [3.05, 3.63) is 0 Å². The first kappa shape index (κ1) is 10.4. The topological polar surface area (TPSA) is 38.0 Å². The molecule has 0 aromatic heterocycles. The zero-order chi connectivity index (χ0) is 9.97. The molecule has 0 amide bonds. The van der Waals surface area contributed by atoms with Crippen LogP contribution in [0.25, 0.3) is 0 Å². The van der Waals surface area contributed by atoms with Gasteiger partial charge in [-0.05, 0) is 38.0 Å². The largest absolute Gasteiger partial charge is 0.328 e. The maximum Gasteiger partial charge on any atom is 0.00849 e. The van der Waals surface area contributed by atoms with Gasteiger partial charge in [0.1, 0.15) is 0 Å². The molecule has 2 saturated carbocycles. The molecular weight excluding hydrogens is 172 g/mol. The lowest BCUT2D eigenvalue weighted by molar-refractivity contribution is 0.385. The highest BCUT2D eigenvalue weighted by atomic mass is 15.0. The molecule has 0 aromatic carbocycles. The second-order valence-corrected chi connectivity index (χ2v) is 5.22. The van der Waals surface area contributed by atoms with Crippen molar-refractivity contribution in [2.45, 2.75) is 70.0 Å². The fourth-order valence-corrected chi connectivity index (χ4v) is 2.61. The van der Waals surface area contributed by atoms with Gasteiger partial charge in [0.05, 0.1) is 0 Å². The van der Waals surface area contributed by atoms with E-state index in [0.717, 1.165) is 12.0 Å². The van der Waals surface area contributed by atoms with Crippen molar-refractivity contribution in [3.63, 3.8) is 0 Å². The van der Waals surface area contributed by atoms with Crippen LogP contribution in [0.5, 0.6) is 0 Å². The molecule has 0 aliphatic heterocycles. The predicted octanol–water partition coefficient (Wildman–Crippen LogP) is 2.03. The van der Waals surface area contributed by atoms with E-state index >= 15 is 0 Å². The standard InChI is InChI=1S/C12H24N2/c1-2-11(7-9-3-4-9)14-12-6-5-10(13)8-12/h9-12,14H,2-8,13H2,1H3. The zero-order valence-electron chi connectivity index (χ0n) is 9.34. The molecule has 2 rings (SSSR count). The summed E-state index contributed by atoms with van der Waals surface area (Å²) in [5, 5.41) is 3.79. The van der Waals surface area contributed by atoms with E-state index in [0.29, 0.717) is 12.1 Å². The number of hydrogen-bond acceptors (Lipinski definition) is 2. The van der Waals surface area contributed by atoms with Gasteiger partial charge in [0, 0.05) is 18.1 Å². The molecule has 0 bridgehead atoms. The Morgan fingerprint density at radius 1 is 1.29 bits per heavy atom. The Morgan fingerprint density at radius 3 is 2.57 bits per heavy atom. The Hall–Kier alpha value is -0.0800. The van der Waals surface area contributed by atoms with Gasteiger partial charge in [0.2, 0.25) is 0 Å². The average Bonchev–Trinajstić information content (AvgIpc) is 2.89. The van der Waals surface area contributed by atoms with Crippen LogP contribution in [0.15, 0.2) is 0 Å². The van der Waals surface area contributed by atoms with Crippen molar-refractivity contribution in [1.29, 1.82) is 0 Å². The van der Waals surface area contributed by atoms with Crippen LogP contribution in [0.2, 0.25) is 0 Å². The monoisotopic (exact) mass is 196 g/mol. The fraction of sp³-hybridized carbons (Fsp3) is 1.00. The lowest BCUT2D eigenvalue weighted by Gasteiger charge is -2.21. The minimum Gasteiger partial charge on any atom is -0.328 e. The Kier molecular flexibility index (Phi) is 3.45. The smallest absolute Gasteiger partial charge is 0.00849 e. The van der Waals surface area contributed by atoms with Crippen LogP contribution in [-0.4, -0.2) is 18.1 Å². The van der Waals surface area contributed by atoms with E-state index in [2.05, 4.69) is 12.2 Å². The molecule has 0 saturated heterocycles. The SMILES string of the molecule is CCC(CC1CC1)NC1CCC(N)C1. The first-order valence-corrected chi connectivity index (χ1v) is 6.29. The van der Waals surface area contributed by atoms with Crippen LogP contribution in [-0.2, 0) is 0 Å². The van der Waals surface area contributed by atoms with Crippen LogP contribution in [0, 0.1) is 5.92 Å². The van der Waals surface area contributed by atoms with Crippen LogP contribution in [0.1, 0.15) is 51.9 Å². The molecule has 0 radical (unpaired) electrons. The maximum absolute atomic E-state index is 5.92. The van der Waals surface area contributed by atoms with Crippen LogP contribution in [0.3, 0.4) is 0 Å². The number of nitrogens with one attached hydrogen (secondary N) is 1.